The minimum atomic E-state index is -0.453. The van der Waals surface area contributed by atoms with Crippen molar-refractivity contribution in [2.24, 2.45) is 0 Å². The van der Waals surface area contributed by atoms with Crippen molar-refractivity contribution in [1.29, 1.82) is 0 Å². The van der Waals surface area contributed by atoms with Crippen LogP contribution in [0.25, 0.3) is 0 Å². The number of hydrogen-bond donors (Lipinski definition) is 1. The van der Waals surface area contributed by atoms with Gasteiger partial charge in [-0.05, 0) is 19.1 Å². The molecule has 88 valence electrons. The van der Waals surface area contributed by atoms with Gasteiger partial charge in [0.25, 0.3) is 0 Å². The SMILES string of the molecule is C[C@@H]1CN(Cc2c(F)cccc2F)CCN1. The van der Waals surface area contributed by atoms with Gasteiger partial charge < -0.3 is 5.32 Å². The van der Waals surface area contributed by atoms with Crippen LogP contribution in [0, 0.1) is 11.6 Å². The number of halogens is 2. The highest BCUT2D eigenvalue weighted by Crippen LogP contribution is 2.15. The minimum Gasteiger partial charge on any atom is -0.312 e. The largest absolute Gasteiger partial charge is 0.312 e. The van der Waals surface area contributed by atoms with Gasteiger partial charge in [0.05, 0.1) is 0 Å². The van der Waals surface area contributed by atoms with Crippen LogP contribution in [0.5, 0.6) is 0 Å². The molecule has 1 heterocycles. The van der Waals surface area contributed by atoms with Crippen molar-refractivity contribution in [3.05, 3.63) is 35.4 Å². The number of benzene rings is 1. The van der Waals surface area contributed by atoms with Crippen molar-refractivity contribution < 1.29 is 8.78 Å². The Morgan fingerprint density at radius 2 is 2.06 bits per heavy atom. The van der Waals surface area contributed by atoms with Crippen LogP contribution in [0.2, 0.25) is 0 Å². The van der Waals surface area contributed by atoms with E-state index in [9.17, 15) is 8.78 Å². The second kappa shape index (κ2) is 4.89. The third-order valence-electron chi connectivity index (χ3n) is 2.90. The van der Waals surface area contributed by atoms with Gasteiger partial charge in [-0.2, -0.15) is 0 Å². The molecule has 1 saturated heterocycles. The molecule has 1 aliphatic heterocycles. The maximum absolute atomic E-state index is 13.4. The molecule has 0 bridgehead atoms. The summed E-state index contributed by atoms with van der Waals surface area (Å²) >= 11 is 0. The lowest BCUT2D eigenvalue weighted by atomic mass is 10.1. The smallest absolute Gasteiger partial charge is 0.130 e. The van der Waals surface area contributed by atoms with E-state index in [0.29, 0.717) is 12.6 Å². The van der Waals surface area contributed by atoms with Gasteiger partial charge >= 0.3 is 0 Å². The van der Waals surface area contributed by atoms with E-state index in [-0.39, 0.29) is 5.56 Å². The van der Waals surface area contributed by atoms with Crippen molar-refractivity contribution in [2.45, 2.75) is 19.5 Å². The first-order valence-corrected chi connectivity index (χ1v) is 5.55. The van der Waals surface area contributed by atoms with Crippen LogP contribution in [0.3, 0.4) is 0 Å². The fourth-order valence-corrected chi connectivity index (χ4v) is 2.06. The second-order valence-electron chi connectivity index (χ2n) is 4.29. The Morgan fingerprint density at radius 3 is 2.69 bits per heavy atom. The van der Waals surface area contributed by atoms with E-state index < -0.39 is 11.6 Å². The zero-order valence-electron chi connectivity index (χ0n) is 9.34. The summed E-state index contributed by atoms with van der Waals surface area (Å²) in [5.74, 6) is -0.905. The summed E-state index contributed by atoms with van der Waals surface area (Å²) in [7, 11) is 0. The monoisotopic (exact) mass is 226 g/mol. The van der Waals surface area contributed by atoms with E-state index in [0.717, 1.165) is 19.6 Å². The molecule has 2 rings (SSSR count). The van der Waals surface area contributed by atoms with Gasteiger partial charge in [0.15, 0.2) is 0 Å². The highest BCUT2D eigenvalue weighted by Gasteiger charge is 2.18. The molecule has 1 fully saturated rings. The predicted octanol–water partition coefficient (Wildman–Crippen LogP) is 1.76. The van der Waals surface area contributed by atoms with Gasteiger partial charge in [-0.3, -0.25) is 4.90 Å². The van der Waals surface area contributed by atoms with Crippen LogP contribution < -0.4 is 5.32 Å². The van der Waals surface area contributed by atoms with Gasteiger partial charge in [-0.25, -0.2) is 8.78 Å². The maximum Gasteiger partial charge on any atom is 0.130 e. The summed E-state index contributed by atoms with van der Waals surface area (Å²) in [5.41, 5.74) is 0.177. The molecule has 0 spiro atoms. The van der Waals surface area contributed by atoms with Gasteiger partial charge in [0.1, 0.15) is 11.6 Å². The number of nitrogens with one attached hydrogen (secondary N) is 1. The Kier molecular flexibility index (Phi) is 3.51. The highest BCUT2D eigenvalue weighted by atomic mass is 19.1. The Balaban J connectivity index is 2.08. The molecule has 1 atom stereocenters. The normalized spacial score (nSPS) is 22.3. The molecule has 1 aliphatic rings. The van der Waals surface area contributed by atoms with Crippen molar-refractivity contribution >= 4 is 0 Å². The van der Waals surface area contributed by atoms with Crippen molar-refractivity contribution in [2.75, 3.05) is 19.6 Å². The van der Waals surface area contributed by atoms with Crippen molar-refractivity contribution in [1.82, 2.24) is 10.2 Å². The second-order valence-corrected chi connectivity index (χ2v) is 4.29. The first-order valence-electron chi connectivity index (χ1n) is 5.55. The third kappa shape index (κ3) is 2.57. The fourth-order valence-electron chi connectivity index (χ4n) is 2.06. The predicted molar refractivity (Wildman–Crippen MR) is 59.1 cm³/mol. The number of piperazine rings is 1. The Labute approximate surface area is 94.3 Å². The lowest BCUT2D eigenvalue weighted by Crippen LogP contribution is -2.48. The lowest BCUT2D eigenvalue weighted by molar-refractivity contribution is 0.195. The average molecular weight is 226 g/mol. The van der Waals surface area contributed by atoms with E-state index in [1.807, 2.05) is 0 Å². The van der Waals surface area contributed by atoms with E-state index in [1.54, 1.807) is 0 Å². The molecule has 0 saturated carbocycles. The molecule has 16 heavy (non-hydrogen) atoms. The summed E-state index contributed by atoms with van der Waals surface area (Å²) < 4.78 is 26.8. The molecule has 0 amide bonds. The molecule has 1 aromatic carbocycles. The number of hydrogen-bond acceptors (Lipinski definition) is 2. The Hall–Kier alpha value is -1.00. The van der Waals surface area contributed by atoms with E-state index >= 15 is 0 Å². The first kappa shape index (κ1) is 11.5. The first-order chi connectivity index (χ1) is 7.66. The zero-order valence-corrected chi connectivity index (χ0v) is 9.34. The van der Waals surface area contributed by atoms with E-state index in [1.165, 1.54) is 18.2 Å². The van der Waals surface area contributed by atoms with E-state index in [4.69, 9.17) is 0 Å². The number of nitrogens with zero attached hydrogens (tertiary/aromatic N) is 1. The van der Waals surface area contributed by atoms with Crippen LogP contribution in [0.15, 0.2) is 18.2 Å². The topological polar surface area (TPSA) is 15.3 Å². The van der Waals surface area contributed by atoms with Crippen molar-refractivity contribution in [3.8, 4) is 0 Å². The van der Waals surface area contributed by atoms with Gasteiger partial charge in [0.2, 0.25) is 0 Å². The molecule has 4 heteroatoms. The van der Waals surface area contributed by atoms with Crippen LogP contribution in [-0.4, -0.2) is 30.6 Å². The molecule has 2 nitrogen and oxygen atoms in total. The quantitative estimate of drug-likeness (QED) is 0.826. The minimum absolute atomic E-state index is 0.177. The highest BCUT2D eigenvalue weighted by molar-refractivity contribution is 5.19. The zero-order chi connectivity index (χ0) is 11.5. The standard InChI is InChI=1S/C12H16F2N2/c1-9-7-16(6-5-15-9)8-10-11(13)3-2-4-12(10)14/h2-4,9,15H,5-8H2,1H3/t9-/m1/s1. The van der Waals surface area contributed by atoms with Gasteiger partial charge in [-0.1, -0.05) is 6.07 Å². The van der Waals surface area contributed by atoms with Gasteiger partial charge in [-0.15, -0.1) is 0 Å². The summed E-state index contributed by atoms with van der Waals surface area (Å²) in [6.45, 7) is 4.96. The molecule has 0 radical (unpaired) electrons. The molecular weight excluding hydrogens is 210 g/mol. The van der Waals surface area contributed by atoms with Crippen LogP contribution in [0.4, 0.5) is 8.78 Å². The molecular formula is C12H16F2N2. The summed E-state index contributed by atoms with van der Waals surface area (Å²) in [4.78, 5) is 2.07. The van der Waals surface area contributed by atoms with Crippen LogP contribution >= 0.6 is 0 Å². The summed E-state index contributed by atoms with van der Waals surface area (Å²) in [5, 5.41) is 3.30. The molecule has 0 aliphatic carbocycles. The fraction of sp³-hybridized carbons (Fsp3) is 0.500. The van der Waals surface area contributed by atoms with Crippen molar-refractivity contribution in [3.63, 3.8) is 0 Å². The number of rotatable bonds is 2. The lowest BCUT2D eigenvalue weighted by Gasteiger charge is -2.31. The van der Waals surface area contributed by atoms with Crippen LogP contribution in [0.1, 0.15) is 12.5 Å². The third-order valence-corrected chi connectivity index (χ3v) is 2.90. The summed E-state index contributed by atoms with van der Waals surface area (Å²) in [6, 6.07) is 4.39. The maximum atomic E-state index is 13.4. The molecule has 1 N–H and O–H groups in total. The molecule has 0 aromatic heterocycles. The molecule has 1 aromatic rings. The van der Waals surface area contributed by atoms with Gasteiger partial charge in [0, 0.05) is 37.8 Å². The Bertz CT molecular complexity index is 348. The molecule has 0 unspecified atom stereocenters. The Morgan fingerprint density at radius 1 is 1.38 bits per heavy atom. The average Bonchev–Trinajstić information content (AvgIpc) is 2.24. The summed E-state index contributed by atoms with van der Waals surface area (Å²) in [6.07, 6.45) is 0. The van der Waals surface area contributed by atoms with Crippen LogP contribution in [-0.2, 0) is 6.54 Å². The van der Waals surface area contributed by atoms with E-state index in [2.05, 4.69) is 17.1 Å².